The zero-order valence-electron chi connectivity index (χ0n) is 22.5. The summed E-state index contributed by atoms with van der Waals surface area (Å²) in [5, 5.41) is 11.5. The lowest BCUT2D eigenvalue weighted by Gasteiger charge is -2.25. The van der Waals surface area contributed by atoms with Crippen LogP contribution < -0.4 is 0 Å². The van der Waals surface area contributed by atoms with Gasteiger partial charge in [0, 0.05) is 24.7 Å². The molecule has 0 saturated heterocycles. The van der Waals surface area contributed by atoms with Crippen LogP contribution in [0.3, 0.4) is 0 Å². The number of sulfone groups is 1. The fraction of sp³-hybridized carbons (Fsp3) is 0.219. The predicted molar refractivity (Wildman–Crippen MR) is 156 cm³/mol. The molecule has 0 aliphatic carbocycles. The number of hydrogen-bond acceptors (Lipinski definition) is 6. The first-order chi connectivity index (χ1) is 19.7. The molecule has 0 aliphatic heterocycles. The molecule has 0 spiro atoms. The van der Waals surface area contributed by atoms with Gasteiger partial charge in [-0.3, -0.25) is 4.90 Å². The van der Waals surface area contributed by atoms with Crippen LogP contribution in [0.4, 0.5) is 4.39 Å². The molecule has 214 valence electrons. The average molecular weight is 596 g/mol. The quantitative estimate of drug-likeness (QED) is 0.194. The number of aliphatic hydroxyl groups is 1. The van der Waals surface area contributed by atoms with Crippen LogP contribution in [0.5, 0.6) is 0 Å². The van der Waals surface area contributed by atoms with Gasteiger partial charge < -0.3 is 9.84 Å². The number of nitrogens with zero attached hydrogens (tertiary/aromatic N) is 1. The van der Waals surface area contributed by atoms with Crippen molar-refractivity contribution in [3.8, 4) is 0 Å². The summed E-state index contributed by atoms with van der Waals surface area (Å²) in [5.41, 5.74) is 2.43. The molecule has 9 heteroatoms. The second-order valence-electron chi connectivity index (χ2n) is 9.55. The number of carbonyl (C=O) groups excluding carboxylic acids is 1. The maximum atomic E-state index is 14.5. The van der Waals surface area contributed by atoms with E-state index in [0.29, 0.717) is 31.1 Å². The van der Waals surface area contributed by atoms with Crippen molar-refractivity contribution in [2.75, 3.05) is 19.7 Å². The lowest BCUT2D eigenvalue weighted by Crippen LogP contribution is -2.30. The fourth-order valence-electron chi connectivity index (χ4n) is 4.44. The highest BCUT2D eigenvalue weighted by Gasteiger charge is 2.22. The van der Waals surface area contributed by atoms with Crippen molar-refractivity contribution >= 4 is 27.4 Å². The Hall–Kier alpha value is -3.56. The molecule has 0 unspecified atom stereocenters. The summed E-state index contributed by atoms with van der Waals surface area (Å²) in [6.07, 6.45) is -0.126. The van der Waals surface area contributed by atoms with Crippen molar-refractivity contribution < 1.29 is 27.4 Å². The number of ether oxygens (including phenoxy) is 1. The maximum Gasteiger partial charge on any atom is 0.341 e. The van der Waals surface area contributed by atoms with Crippen molar-refractivity contribution in [1.82, 2.24) is 4.90 Å². The molecule has 0 aliphatic rings. The van der Waals surface area contributed by atoms with Gasteiger partial charge in [0.25, 0.3) is 0 Å². The van der Waals surface area contributed by atoms with Crippen molar-refractivity contribution in [3.63, 3.8) is 0 Å². The number of carbonyl (C=O) groups is 1. The van der Waals surface area contributed by atoms with E-state index in [4.69, 9.17) is 16.3 Å². The fourth-order valence-corrected chi connectivity index (χ4v) is 5.91. The number of aliphatic hydroxyl groups excluding tert-OH is 1. The SMILES string of the molecule is CCOC(=O)c1ccc(S(=O)(=O)c2ccc(CCN(Cc3ccccc3)C[C@H](O)c3cccc(Cl)c3)cc2)cc1F. The Morgan fingerprint density at radius 3 is 2.29 bits per heavy atom. The van der Waals surface area contributed by atoms with E-state index in [2.05, 4.69) is 4.90 Å². The van der Waals surface area contributed by atoms with Crippen LogP contribution in [0.15, 0.2) is 107 Å². The molecule has 0 amide bonds. The van der Waals surface area contributed by atoms with Crippen LogP contribution >= 0.6 is 11.6 Å². The third kappa shape index (κ3) is 8.01. The first-order valence-electron chi connectivity index (χ1n) is 13.2. The van der Waals surface area contributed by atoms with Gasteiger partial charge in [-0.05, 0) is 72.5 Å². The molecule has 4 aromatic rings. The van der Waals surface area contributed by atoms with Gasteiger partial charge in [0.05, 0.1) is 28.1 Å². The standard InChI is InChI=1S/C32H31ClFNO5S/c1-2-40-32(37)29-16-15-28(20-30(29)34)41(38,39)27-13-11-23(12-14-27)17-18-35(21-24-7-4-3-5-8-24)22-31(36)25-9-6-10-26(33)19-25/h3-16,19-20,31,36H,2,17-18,21-22H2,1H3/t31-/m0/s1. The highest BCUT2D eigenvalue weighted by molar-refractivity contribution is 7.91. The van der Waals surface area contributed by atoms with E-state index in [9.17, 15) is 22.7 Å². The molecule has 4 aromatic carbocycles. The highest BCUT2D eigenvalue weighted by atomic mass is 35.5. The van der Waals surface area contributed by atoms with Crippen molar-refractivity contribution in [2.45, 2.75) is 35.8 Å². The maximum absolute atomic E-state index is 14.5. The van der Waals surface area contributed by atoms with E-state index in [-0.39, 0.29) is 22.0 Å². The zero-order chi connectivity index (χ0) is 29.4. The molecule has 1 atom stereocenters. The normalized spacial score (nSPS) is 12.3. The molecule has 0 bridgehead atoms. The van der Waals surface area contributed by atoms with E-state index >= 15 is 0 Å². The molecular weight excluding hydrogens is 565 g/mol. The van der Waals surface area contributed by atoms with Gasteiger partial charge in [-0.15, -0.1) is 0 Å². The Labute approximate surface area is 244 Å². The average Bonchev–Trinajstić information content (AvgIpc) is 2.96. The number of esters is 1. The lowest BCUT2D eigenvalue weighted by molar-refractivity contribution is 0.0521. The Kier molecular flexibility index (Phi) is 10.3. The van der Waals surface area contributed by atoms with Crippen molar-refractivity contribution in [2.24, 2.45) is 0 Å². The van der Waals surface area contributed by atoms with E-state index < -0.39 is 27.7 Å². The minimum atomic E-state index is -4.00. The molecule has 6 nitrogen and oxygen atoms in total. The third-order valence-corrected chi connectivity index (χ3v) is 8.61. The Morgan fingerprint density at radius 1 is 0.927 bits per heavy atom. The first kappa shape index (κ1) is 30.4. The molecule has 1 N–H and O–H groups in total. The Bertz CT molecular complexity index is 1580. The smallest absolute Gasteiger partial charge is 0.341 e. The predicted octanol–water partition coefficient (Wildman–Crippen LogP) is 6.27. The zero-order valence-corrected chi connectivity index (χ0v) is 24.1. The number of rotatable bonds is 12. The molecule has 41 heavy (non-hydrogen) atoms. The molecule has 0 aromatic heterocycles. The monoisotopic (exact) mass is 595 g/mol. The topological polar surface area (TPSA) is 83.9 Å². The van der Waals surface area contributed by atoms with Gasteiger partial charge in [-0.2, -0.15) is 0 Å². The molecule has 0 saturated carbocycles. The van der Waals surface area contributed by atoms with Crippen molar-refractivity contribution in [1.29, 1.82) is 0 Å². The lowest BCUT2D eigenvalue weighted by atomic mass is 10.1. The molecule has 0 radical (unpaired) electrons. The van der Waals surface area contributed by atoms with Crippen molar-refractivity contribution in [3.05, 3.63) is 130 Å². The minimum Gasteiger partial charge on any atom is -0.462 e. The van der Waals surface area contributed by atoms with Crippen LogP contribution in [0, 0.1) is 5.82 Å². The van der Waals surface area contributed by atoms with Crippen LogP contribution in [-0.4, -0.2) is 44.1 Å². The van der Waals surface area contributed by atoms with Crippen LogP contribution in [0.25, 0.3) is 0 Å². The van der Waals surface area contributed by atoms with E-state index in [0.717, 1.165) is 28.8 Å². The largest absolute Gasteiger partial charge is 0.462 e. The highest BCUT2D eigenvalue weighted by Crippen LogP contribution is 2.24. The summed E-state index contributed by atoms with van der Waals surface area (Å²) in [4.78, 5) is 13.8. The summed E-state index contributed by atoms with van der Waals surface area (Å²) in [7, 11) is -4.00. The second-order valence-corrected chi connectivity index (χ2v) is 11.9. The Morgan fingerprint density at radius 2 is 1.63 bits per heavy atom. The van der Waals surface area contributed by atoms with Gasteiger partial charge in [0.2, 0.25) is 9.84 Å². The summed E-state index contributed by atoms with van der Waals surface area (Å²) in [6.45, 7) is 3.30. The number of halogens is 2. The van der Waals surface area contributed by atoms with E-state index in [1.165, 1.54) is 18.2 Å². The minimum absolute atomic E-state index is 0.0158. The van der Waals surface area contributed by atoms with Gasteiger partial charge >= 0.3 is 5.97 Å². The van der Waals surface area contributed by atoms with Crippen LogP contribution in [0.2, 0.25) is 5.02 Å². The van der Waals surface area contributed by atoms with E-state index in [1.54, 1.807) is 37.3 Å². The second kappa shape index (κ2) is 13.9. The molecule has 4 rings (SSSR count). The van der Waals surface area contributed by atoms with E-state index in [1.807, 2.05) is 36.4 Å². The number of benzene rings is 4. The number of hydrogen-bond donors (Lipinski definition) is 1. The van der Waals surface area contributed by atoms with Crippen LogP contribution in [-0.2, 0) is 27.5 Å². The van der Waals surface area contributed by atoms with Gasteiger partial charge in [0.1, 0.15) is 5.82 Å². The van der Waals surface area contributed by atoms with Gasteiger partial charge in [-0.1, -0.05) is 66.2 Å². The Balaban J connectivity index is 1.46. The summed E-state index contributed by atoms with van der Waals surface area (Å²) >= 11 is 6.11. The summed E-state index contributed by atoms with van der Waals surface area (Å²) in [6, 6.07) is 26.7. The molecular formula is C32H31ClFNO5S. The van der Waals surface area contributed by atoms with Gasteiger partial charge in [-0.25, -0.2) is 17.6 Å². The third-order valence-electron chi connectivity index (χ3n) is 6.61. The molecule has 0 heterocycles. The van der Waals surface area contributed by atoms with Crippen LogP contribution in [0.1, 0.15) is 40.1 Å². The van der Waals surface area contributed by atoms with Gasteiger partial charge in [0.15, 0.2) is 0 Å². The molecule has 0 fully saturated rings. The summed E-state index contributed by atoms with van der Waals surface area (Å²) in [5.74, 6) is -1.81. The first-order valence-corrected chi connectivity index (χ1v) is 15.0. The summed E-state index contributed by atoms with van der Waals surface area (Å²) < 4.78 is 45.5.